The molecule has 1 aromatic heterocycles. The van der Waals surface area contributed by atoms with E-state index in [-0.39, 0.29) is 11.6 Å². The van der Waals surface area contributed by atoms with Crippen LogP contribution in [0.4, 0.5) is 8.78 Å². The van der Waals surface area contributed by atoms with Gasteiger partial charge < -0.3 is 4.57 Å². The molecule has 0 unspecified atom stereocenters. The maximum absolute atomic E-state index is 13.8. The van der Waals surface area contributed by atoms with Crippen LogP contribution in [0.2, 0.25) is 0 Å². The predicted molar refractivity (Wildman–Crippen MR) is 63.2 cm³/mol. The van der Waals surface area contributed by atoms with Gasteiger partial charge in [-0.05, 0) is 36.4 Å². The van der Waals surface area contributed by atoms with Crippen LogP contribution < -0.4 is 0 Å². The van der Waals surface area contributed by atoms with Crippen LogP contribution in [0.1, 0.15) is 0 Å². The second-order valence-electron chi connectivity index (χ2n) is 3.84. The summed E-state index contributed by atoms with van der Waals surface area (Å²) in [6.45, 7) is 0. The van der Waals surface area contributed by atoms with Crippen LogP contribution in [-0.4, -0.2) is 4.57 Å². The number of rotatable bonds is 1. The highest BCUT2D eigenvalue weighted by Gasteiger charge is 2.07. The first kappa shape index (κ1) is 10.0. The fraction of sp³-hybridized carbons (Fsp3) is 0. The molecule has 0 saturated carbocycles. The van der Waals surface area contributed by atoms with Gasteiger partial charge in [0.15, 0.2) is 0 Å². The quantitative estimate of drug-likeness (QED) is 0.596. The average molecular weight is 229 g/mol. The van der Waals surface area contributed by atoms with Gasteiger partial charge in [0.1, 0.15) is 11.6 Å². The molecule has 0 aliphatic rings. The van der Waals surface area contributed by atoms with Crippen molar-refractivity contribution < 1.29 is 8.78 Å². The van der Waals surface area contributed by atoms with Gasteiger partial charge in [-0.15, -0.1) is 0 Å². The smallest absolute Gasteiger partial charge is 0.147 e. The van der Waals surface area contributed by atoms with Gasteiger partial charge in [0.05, 0.1) is 5.52 Å². The second-order valence-corrected chi connectivity index (χ2v) is 3.84. The van der Waals surface area contributed by atoms with Crippen LogP contribution in [0.3, 0.4) is 0 Å². The number of benzene rings is 2. The first-order chi connectivity index (χ1) is 8.25. The van der Waals surface area contributed by atoms with E-state index in [9.17, 15) is 8.78 Å². The van der Waals surface area contributed by atoms with Gasteiger partial charge in [0.2, 0.25) is 0 Å². The Kier molecular flexibility index (Phi) is 2.18. The van der Waals surface area contributed by atoms with E-state index in [2.05, 4.69) is 0 Å². The minimum absolute atomic E-state index is 0.281. The highest BCUT2D eigenvalue weighted by atomic mass is 19.1. The Labute approximate surface area is 96.9 Å². The monoisotopic (exact) mass is 229 g/mol. The summed E-state index contributed by atoms with van der Waals surface area (Å²) >= 11 is 0. The third-order valence-corrected chi connectivity index (χ3v) is 2.77. The highest BCUT2D eigenvalue weighted by molar-refractivity contribution is 5.82. The normalized spacial score (nSPS) is 10.9. The van der Waals surface area contributed by atoms with Crippen molar-refractivity contribution in [1.29, 1.82) is 0 Å². The number of halogens is 2. The fourth-order valence-corrected chi connectivity index (χ4v) is 1.97. The lowest BCUT2D eigenvalue weighted by Gasteiger charge is -2.05. The molecule has 0 atom stereocenters. The maximum Gasteiger partial charge on any atom is 0.147 e. The Morgan fingerprint density at radius 3 is 2.35 bits per heavy atom. The number of para-hydroxylation sites is 1. The Hall–Kier alpha value is -2.16. The summed E-state index contributed by atoms with van der Waals surface area (Å²) in [6, 6.07) is 12.8. The first-order valence-electron chi connectivity index (χ1n) is 5.27. The van der Waals surface area contributed by atoms with E-state index in [4.69, 9.17) is 0 Å². The van der Waals surface area contributed by atoms with Crippen molar-refractivity contribution in [3.8, 4) is 5.69 Å². The van der Waals surface area contributed by atoms with Gasteiger partial charge in [-0.3, -0.25) is 0 Å². The molecule has 0 spiro atoms. The molecule has 1 nitrogen and oxygen atoms in total. The number of hydrogen-bond donors (Lipinski definition) is 0. The molecule has 0 aliphatic carbocycles. The van der Waals surface area contributed by atoms with E-state index in [0.29, 0.717) is 5.52 Å². The van der Waals surface area contributed by atoms with Crippen molar-refractivity contribution >= 4 is 10.9 Å². The molecule has 3 aromatic rings. The summed E-state index contributed by atoms with van der Waals surface area (Å²) in [7, 11) is 0. The molecule has 3 heteroatoms. The van der Waals surface area contributed by atoms with Crippen molar-refractivity contribution in [2.45, 2.75) is 0 Å². The van der Waals surface area contributed by atoms with E-state index in [1.54, 1.807) is 29.0 Å². The minimum atomic E-state index is -0.300. The zero-order valence-electron chi connectivity index (χ0n) is 8.90. The molecule has 84 valence electrons. The number of aromatic nitrogens is 1. The summed E-state index contributed by atoms with van der Waals surface area (Å²) in [5.41, 5.74) is 1.26. The Bertz CT molecular complexity index is 668. The van der Waals surface area contributed by atoms with Gasteiger partial charge in [-0.25, -0.2) is 8.78 Å². The third-order valence-electron chi connectivity index (χ3n) is 2.77. The van der Waals surface area contributed by atoms with E-state index in [1.165, 1.54) is 18.2 Å². The molecular weight excluding hydrogens is 220 g/mol. The number of nitrogens with zero attached hydrogens (tertiary/aromatic N) is 1. The molecule has 0 N–H and O–H groups in total. The summed E-state index contributed by atoms with van der Waals surface area (Å²) < 4.78 is 28.3. The van der Waals surface area contributed by atoms with Crippen LogP contribution in [0.15, 0.2) is 54.7 Å². The fourth-order valence-electron chi connectivity index (χ4n) is 1.97. The summed E-state index contributed by atoms with van der Waals surface area (Å²) in [6.07, 6.45) is 1.78. The Morgan fingerprint density at radius 1 is 0.824 bits per heavy atom. The molecule has 1 heterocycles. The lowest BCUT2D eigenvalue weighted by molar-refractivity contribution is 0.627. The highest BCUT2D eigenvalue weighted by Crippen LogP contribution is 2.23. The molecule has 3 rings (SSSR count). The van der Waals surface area contributed by atoms with Crippen molar-refractivity contribution in [2.75, 3.05) is 0 Å². The van der Waals surface area contributed by atoms with Crippen LogP contribution in [-0.2, 0) is 0 Å². The van der Waals surface area contributed by atoms with Crippen molar-refractivity contribution in [3.63, 3.8) is 0 Å². The number of fused-ring (bicyclic) bond motifs is 1. The standard InChI is InChI=1S/C14H9F2N/c15-11-4-6-12(7-5-11)17-9-8-10-2-1-3-13(16)14(10)17/h1-9H. The number of hydrogen-bond acceptors (Lipinski definition) is 0. The van der Waals surface area contributed by atoms with Gasteiger partial charge >= 0.3 is 0 Å². The van der Waals surface area contributed by atoms with Crippen LogP contribution >= 0.6 is 0 Å². The summed E-state index contributed by atoms with van der Waals surface area (Å²) in [5.74, 6) is -0.581. The molecular formula is C14H9F2N. The van der Waals surface area contributed by atoms with Gasteiger partial charge in [-0.1, -0.05) is 12.1 Å². The summed E-state index contributed by atoms with van der Waals surface area (Å²) in [4.78, 5) is 0. The maximum atomic E-state index is 13.8. The Morgan fingerprint density at radius 2 is 1.59 bits per heavy atom. The van der Waals surface area contributed by atoms with Crippen molar-refractivity contribution in [2.24, 2.45) is 0 Å². The topological polar surface area (TPSA) is 4.93 Å². The van der Waals surface area contributed by atoms with Crippen LogP contribution in [0.5, 0.6) is 0 Å². The molecule has 0 saturated heterocycles. The average Bonchev–Trinajstić information content (AvgIpc) is 2.75. The van der Waals surface area contributed by atoms with E-state index >= 15 is 0 Å². The predicted octanol–water partition coefficient (Wildman–Crippen LogP) is 3.91. The van der Waals surface area contributed by atoms with Crippen LogP contribution in [0.25, 0.3) is 16.6 Å². The zero-order valence-corrected chi connectivity index (χ0v) is 8.90. The largest absolute Gasteiger partial charge is 0.314 e. The van der Waals surface area contributed by atoms with E-state index in [1.807, 2.05) is 12.1 Å². The molecule has 0 radical (unpaired) electrons. The zero-order chi connectivity index (χ0) is 11.8. The van der Waals surface area contributed by atoms with Crippen LogP contribution in [0, 0.1) is 11.6 Å². The SMILES string of the molecule is Fc1ccc(-n2ccc3cccc(F)c32)cc1. The molecule has 2 aromatic carbocycles. The minimum Gasteiger partial charge on any atom is -0.314 e. The van der Waals surface area contributed by atoms with Gasteiger partial charge in [-0.2, -0.15) is 0 Å². The Balaban J connectivity index is 2.27. The molecule has 0 fully saturated rings. The molecule has 0 bridgehead atoms. The third kappa shape index (κ3) is 1.60. The van der Waals surface area contributed by atoms with Gasteiger partial charge in [0, 0.05) is 17.3 Å². The molecule has 0 amide bonds. The van der Waals surface area contributed by atoms with E-state index < -0.39 is 0 Å². The lowest BCUT2D eigenvalue weighted by atomic mass is 10.2. The van der Waals surface area contributed by atoms with Gasteiger partial charge in [0.25, 0.3) is 0 Å². The molecule has 17 heavy (non-hydrogen) atoms. The van der Waals surface area contributed by atoms with Crippen molar-refractivity contribution in [3.05, 3.63) is 66.4 Å². The molecule has 0 aliphatic heterocycles. The first-order valence-corrected chi connectivity index (χ1v) is 5.27. The van der Waals surface area contributed by atoms with E-state index in [0.717, 1.165) is 11.1 Å². The summed E-state index contributed by atoms with van der Waals surface area (Å²) in [5, 5.41) is 0.828. The second kappa shape index (κ2) is 3.70. The van der Waals surface area contributed by atoms with Crippen molar-refractivity contribution in [1.82, 2.24) is 4.57 Å². The lowest BCUT2D eigenvalue weighted by Crippen LogP contribution is -1.93.